The first-order valence-corrected chi connectivity index (χ1v) is 10.6. The lowest BCUT2D eigenvalue weighted by Gasteiger charge is -2.40. The lowest BCUT2D eigenvalue weighted by Crippen LogP contribution is -2.48. The summed E-state index contributed by atoms with van der Waals surface area (Å²) in [5.41, 5.74) is 2.56. The number of benzene rings is 1. The van der Waals surface area contributed by atoms with Gasteiger partial charge in [-0.3, -0.25) is 9.58 Å². The first-order chi connectivity index (χ1) is 13.2. The number of hydrogen-bond donors (Lipinski definition) is 0. The topological polar surface area (TPSA) is 30.3 Å². The van der Waals surface area contributed by atoms with E-state index in [-0.39, 0.29) is 0 Å². The summed E-state index contributed by atoms with van der Waals surface area (Å²) >= 11 is 0. The molecule has 1 saturated heterocycles. The minimum Gasteiger partial charge on any atom is -0.378 e. The number of hydrogen-bond acceptors (Lipinski definition) is 3. The lowest BCUT2D eigenvalue weighted by atomic mass is 9.97. The minimum atomic E-state index is 0.459. The fourth-order valence-electron chi connectivity index (χ4n) is 4.79. The van der Waals surface area contributed by atoms with Gasteiger partial charge in [0.05, 0.1) is 17.8 Å². The van der Waals surface area contributed by atoms with Gasteiger partial charge in [0.1, 0.15) is 0 Å². The van der Waals surface area contributed by atoms with Crippen molar-refractivity contribution in [3.63, 3.8) is 0 Å². The van der Waals surface area contributed by atoms with Crippen LogP contribution in [0, 0.1) is 18.8 Å². The highest BCUT2D eigenvalue weighted by molar-refractivity contribution is 5.79. The molecular formula is C23H31N3O. The average molecular weight is 366 g/mol. The fraction of sp³-hybridized carbons (Fsp3) is 0.609. The second-order valence-corrected chi connectivity index (χ2v) is 9.08. The van der Waals surface area contributed by atoms with Crippen LogP contribution in [0.4, 0.5) is 0 Å². The number of fused-ring (bicyclic) bond motifs is 3. The van der Waals surface area contributed by atoms with Gasteiger partial charge in [-0.15, -0.1) is 0 Å². The van der Waals surface area contributed by atoms with Gasteiger partial charge in [0.15, 0.2) is 0 Å². The molecule has 3 heterocycles. The quantitative estimate of drug-likeness (QED) is 0.690. The van der Waals surface area contributed by atoms with Gasteiger partial charge in [-0.2, -0.15) is 5.10 Å². The molecular weight excluding hydrogens is 334 g/mol. The third-order valence-corrected chi connectivity index (χ3v) is 6.49. The molecule has 4 atom stereocenters. The van der Waals surface area contributed by atoms with Crippen molar-refractivity contribution in [3.8, 4) is 0 Å². The highest BCUT2D eigenvalue weighted by atomic mass is 16.5. The Labute approximate surface area is 162 Å². The molecule has 4 heteroatoms. The van der Waals surface area contributed by atoms with E-state index in [1.807, 2.05) is 6.20 Å². The minimum absolute atomic E-state index is 0.459. The van der Waals surface area contributed by atoms with Crippen LogP contribution in [0.1, 0.15) is 38.2 Å². The molecule has 0 N–H and O–H groups in total. The van der Waals surface area contributed by atoms with Gasteiger partial charge in [0.25, 0.3) is 0 Å². The zero-order chi connectivity index (χ0) is 18.4. The van der Waals surface area contributed by atoms with E-state index >= 15 is 0 Å². The molecule has 3 aliphatic rings. The van der Waals surface area contributed by atoms with Gasteiger partial charge in [0.2, 0.25) is 0 Å². The van der Waals surface area contributed by atoms with Gasteiger partial charge in [-0.05, 0) is 56.1 Å². The van der Waals surface area contributed by atoms with Crippen LogP contribution in [0.5, 0.6) is 0 Å². The predicted octanol–water partition coefficient (Wildman–Crippen LogP) is 4.18. The molecule has 0 radical (unpaired) electrons. The van der Waals surface area contributed by atoms with Crippen molar-refractivity contribution in [1.29, 1.82) is 0 Å². The molecule has 1 aliphatic carbocycles. The summed E-state index contributed by atoms with van der Waals surface area (Å²) in [6, 6.07) is 7.72. The van der Waals surface area contributed by atoms with Crippen molar-refractivity contribution in [2.75, 3.05) is 13.2 Å². The van der Waals surface area contributed by atoms with Gasteiger partial charge >= 0.3 is 0 Å². The van der Waals surface area contributed by atoms with E-state index in [2.05, 4.69) is 58.9 Å². The predicted molar refractivity (Wildman–Crippen MR) is 109 cm³/mol. The summed E-state index contributed by atoms with van der Waals surface area (Å²) < 4.78 is 8.39. The number of ether oxygens (including phenoxy) is 1. The second kappa shape index (κ2) is 7.06. The number of aromatic nitrogens is 2. The van der Waals surface area contributed by atoms with Crippen molar-refractivity contribution in [1.82, 2.24) is 14.7 Å². The van der Waals surface area contributed by atoms with Crippen molar-refractivity contribution < 1.29 is 4.74 Å². The molecule has 2 aromatic rings. The normalized spacial score (nSPS) is 28.9. The summed E-state index contributed by atoms with van der Waals surface area (Å²) in [4.78, 5) is 2.69. The molecule has 2 fully saturated rings. The lowest BCUT2D eigenvalue weighted by molar-refractivity contribution is -0.0224. The van der Waals surface area contributed by atoms with Crippen LogP contribution in [0.2, 0.25) is 0 Å². The summed E-state index contributed by atoms with van der Waals surface area (Å²) in [6.07, 6.45) is 12.4. The van der Waals surface area contributed by atoms with Crippen molar-refractivity contribution in [2.45, 2.75) is 64.3 Å². The van der Waals surface area contributed by atoms with E-state index in [4.69, 9.17) is 4.74 Å². The van der Waals surface area contributed by atoms with Crippen LogP contribution >= 0.6 is 0 Å². The monoisotopic (exact) mass is 365 g/mol. The maximum absolute atomic E-state index is 6.20. The number of aryl methyl sites for hydroxylation is 1. The van der Waals surface area contributed by atoms with Crippen LogP contribution < -0.4 is 0 Å². The summed E-state index contributed by atoms with van der Waals surface area (Å²) in [7, 11) is 0. The number of piperidine rings is 1. The first-order valence-electron chi connectivity index (χ1n) is 10.6. The summed E-state index contributed by atoms with van der Waals surface area (Å²) in [6.45, 7) is 7.61. The van der Waals surface area contributed by atoms with E-state index < -0.39 is 0 Å². The molecule has 2 unspecified atom stereocenters. The van der Waals surface area contributed by atoms with Crippen molar-refractivity contribution in [3.05, 3.63) is 42.1 Å². The molecule has 1 aromatic heterocycles. The Morgan fingerprint density at radius 2 is 1.93 bits per heavy atom. The highest BCUT2D eigenvalue weighted by Crippen LogP contribution is 2.35. The zero-order valence-corrected chi connectivity index (χ0v) is 16.6. The molecule has 27 heavy (non-hydrogen) atoms. The summed E-state index contributed by atoms with van der Waals surface area (Å²) in [5, 5.41) is 5.88. The maximum atomic E-state index is 6.20. The Kier molecular flexibility index (Phi) is 4.57. The Hall–Kier alpha value is -1.65. The van der Waals surface area contributed by atoms with Crippen molar-refractivity contribution >= 4 is 10.9 Å². The molecule has 0 spiro atoms. The van der Waals surface area contributed by atoms with Crippen LogP contribution in [-0.4, -0.2) is 46.0 Å². The standard InChI is InChI=1S/C23H31N3O/c1-16-3-6-19-12-24-26(23(19)9-16)14-17(2)13-25-20-7-8-21(25)11-22(10-20)27-15-18-4-5-18/h3,6-9,12,17-18,20-22H,4-5,10-11,13-15H2,1-2H3/t17-,20+,21?,22?/m1/s1. The largest absolute Gasteiger partial charge is 0.378 e. The third kappa shape index (κ3) is 3.70. The van der Waals surface area contributed by atoms with Crippen LogP contribution in [0.3, 0.4) is 0 Å². The number of nitrogens with zero attached hydrogens (tertiary/aromatic N) is 3. The zero-order valence-electron chi connectivity index (χ0n) is 16.6. The van der Waals surface area contributed by atoms with Gasteiger partial charge in [-0.1, -0.05) is 31.2 Å². The van der Waals surface area contributed by atoms with Crippen LogP contribution in [-0.2, 0) is 11.3 Å². The molecule has 1 saturated carbocycles. The number of rotatable bonds is 7. The molecule has 0 amide bonds. The summed E-state index contributed by atoms with van der Waals surface area (Å²) in [5.74, 6) is 1.43. The smallest absolute Gasteiger partial charge is 0.0685 e. The third-order valence-electron chi connectivity index (χ3n) is 6.49. The Bertz CT molecular complexity index is 821. The Morgan fingerprint density at radius 1 is 1.15 bits per heavy atom. The Morgan fingerprint density at radius 3 is 2.67 bits per heavy atom. The van der Waals surface area contributed by atoms with Gasteiger partial charge < -0.3 is 4.74 Å². The molecule has 4 nitrogen and oxygen atoms in total. The van der Waals surface area contributed by atoms with Crippen LogP contribution in [0.15, 0.2) is 36.5 Å². The molecule has 1 aromatic carbocycles. The fourth-order valence-corrected chi connectivity index (χ4v) is 4.79. The average Bonchev–Trinajstić information content (AvgIpc) is 3.37. The first kappa shape index (κ1) is 17.4. The second-order valence-electron chi connectivity index (χ2n) is 9.08. The van der Waals surface area contributed by atoms with E-state index in [1.54, 1.807) is 0 Å². The maximum Gasteiger partial charge on any atom is 0.0685 e. The SMILES string of the molecule is Cc1ccc2cnn(C[C@H](C)CN3C4C=C[C@H]3CC(OCC3CC3)C4)c2c1. The Balaban J connectivity index is 1.20. The molecule has 144 valence electrons. The van der Waals surface area contributed by atoms with Gasteiger partial charge in [0, 0.05) is 37.2 Å². The van der Waals surface area contributed by atoms with Gasteiger partial charge in [-0.25, -0.2) is 0 Å². The molecule has 2 aliphatic heterocycles. The van der Waals surface area contributed by atoms with Crippen molar-refractivity contribution in [2.24, 2.45) is 11.8 Å². The van der Waals surface area contributed by atoms with Crippen LogP contribution in [0.25, 0.3) is 10.9 Å². The molecule has 2 bridgehead atoms. The highest BCUT2D eigenvalue weighted by Gasteiger charge is 2.38. The molecule has 5 rings (SSSR count). The van der Waals surface area contributed by atoms with E-state index in [0.717, 1.165) is 38.5 Å². The van der Waals surface area contributed by atoms with E-state index in [0.29, 0.717) is 24.1 Å². The van der Waals surface area contributed by atoms with E-state index in [1.165, 1.54) is 29.3 Å². The van der Waals surface area contributed by atoms with E-state index in [9.17, 15) is 0 Å².